The highest BCUT2D eigenvalue weighted by Crippen LogP contribution is 2.33. The Morgan fingerprint density at radius 2 is 1.56 bits per heavy atom. The molecule has 1 aliphatic heterocycles. The summed E-state index contributed by atoms with van der Waals surface area (Å²) in [5.41, 5.74) is 3.89. The molecule has 0 atom stereocenters. The average Bonchev–Trinajstić information content (AvgIpc) is 3.02. The molecule has 3 amide bonds. The summed E-state index contributed by atoms with van der Waals surface area (Å²) in [6.45, 7) is 3.92. The number of carbonyl (C=O) groups is 3. The SMILES string of the molecule is Cc1cccc(NC(=O)c2ccc(NC3=C(Cl)C(=O)N(c4ccc(Cl)c(Cl)c4)C3=O)cc2)c1C. The second kappa shape index (κ2) is 9.50. The van der Waals surface area contributed by atoms with Crippen molar-refractivity contribution in [3.05, 3.63) is 98.1 Å². The van der Waals surface area contributed by atoms with E-state index in [9.17, 15) is 14.4 Å². The summed E-state index contributed by atoms with van der Waals surface area (Å²) in [4.78, 5) is 39.1. The van der Waals surface area contributed by atoms with Gasteiger partial charge < -0.3 is 10.6 Å². The first-order valence-electron chi connectivity index (χ1n) is 10.2. The molecule has 0 radical (unpaired) electrons. The van der Waals surface area contributed by atoms with E-state index in [1.165, 1.54) is 18.2 Å². The second-order valence-electron chi connectivity index (χ2n) is 7.64. The lowest BCUT2D eigenvalue weighted by atomic mass is 10.1. The Hall–Kier alpha value is -3.32. The number of aryl methyl sites for hydroxylation is 1. The predicted molar refractivity (Wildman–Crippen MR) is 136 cm³/mol. The molecule has 0 aliphatic carbocycles. The van der Waals surface area contributed by atoms with E-state index in [1.54, 1.807) is 24.3 Å². The van der Waals surface area contributed by atoms with Crippen molar-refractivity contribution in [3.8, 4) is 0 Å². The summed E-state index contributed by atoms with van der Waals surface area (Å²) in [6.07, 6.45) is 0. The summed E-state index contributed by atoms with van der Waals surface area (Å²) in [7, 11) is 0. The molecule has 0 unspecified atom stereocenters. The maximum Gasteiger partial charge on any atom is 0.283 e. The molecule has 0 spiro atoms. The monoisotopic (exact) mass is 513 g/mol. The Bertz CT molecular complexity index is 1370. The Morgan fingerprint density at radius 1 is 0.853 bits per heavy atom. The van der Waals surface area contributed by atoms with Crippen LogP contribution in [0.5, 0.6) is 0 Å². The van der Waals surface area contributed by atoms with Gasteiger partial charge >= 0.3 is 0 Å². The van der Waals surface area contributed by atoms with Crippen molar-refractivity contribution < 1.29 is 14.4 Å². The van der Waals surface area contributed by atoms with Crippen molar-refractivity contribution in [2.24, 2.45) is 0 Å². The Morgan fingerprint density at radius 3 is 2.24 bits per heavy atom. The number of amides is 3. The van der Waals surface area contributed by atoms with Crippen molar-refractivity contribution in [1.82, 2.24) is 0 Å². The van der Waals surface area contributed by atoms with Crippen LogP contribution in [-0.2, 0) is 9.59 Å². The number of hydrogen-bond acceptors (Lipinski definition) is 4. The van der Waals surface area contributed by atoms with Crippen LogP contribution in [0.15, 0.2) is 71.4 Å². The number of anilines is 3. The molecule has 4 rings (SSSR count). The van der Waals surface area contributed by atoms with Gasteiger partial charge in [-0.2, -0.15) is 0 Å². The zero-order chi connectivity index (χ0) is 24.6. The third-order valence-corrected chi connectivity index (χ3v) is 6.55. The highest BCUT2D eigenvalue weighted by molar-refractivity contribution is 6.53. The van der Waals surface area contributed by atoms with Crippen LogP contribution < -0.4 is 15.5 Å². The van der Waals surface area contributed by atoms with Gasteiger partial charge in [0.2, 0.25) is 0 Å². The molecule has 0 bridgehead atoms. The van der Waals surface area contributed by atoms with Gasteiger partial charge in [-0.25, -0.2) is 4.90 Å². The third-order valence-electron chi connectivity index (χ3n) is 5.46. The van der Waals surface area contributed by atoms with Gasteiger partial charge in [-0.3, -0.25) is 14.4 Å². The van der Waals surface area contributed by atoms with E-state index in [-0.39, 0.29) is 27.3 Å². The molecule has 3 aromatic carbocycles. The lowest BCUT2D eigenvalue weighted by molar-refractivity contribution is -0.120. The second-order valence-corrected chi connectivity index (χ2v) is 8.83. The molecule has 2 N–H and O–H groups in total. The first-order chi connectivity index (χ1) is 16.2. The summed E-state index contributed by atoms with van der Waals surface area (Å²) >= 11 is 18.1. The molecule has 1 aliphatic rings. The fourth-order valence-corrected chi connectivity index (χ4v) is 3.91. The lowest BCUT2D eigenvalue weighted by Crippen LogP contribution is -2.32. The summed E-state index contributed by atoms with van der Waals surface area (Å²) < 4.78 is 0. The van der Waals surface area contributed by atoms with Crippen LogP contribution in [0.3, 0.4) is 0 Å². The van der Waals surface area contributed by atoms with Gasteiger partial charge in [0.15, 0.2) is 0 Å². The van der Waals surface area contributed by atoms with Gasteiger partial charge in [-0.15, -0.1) is 0 Å². The molecule has 34 heavy (non-hydrogen) atoms. The maximum atomic E-state index is 12.9. The van der Waals surface area contributed by atoms with E-state index in [2.05, 4.69) is 10.6 Å². The van der Waals surface area contributed by atoms with Crippen LogP contribution in [0, 0.1) is 13.8 Å². The quantitative estimate of drug-likeness (QED) is 0.392. The minimum absolute atomic E-state index is 0.0784. The van der Waals surface area contributed by atoms with Crippen LogP contribution in [-0.4, -0.2) is 17.7 Å². The van der Waals surface area contributed by atoms with Crippen LogP contribution in [0.25, 0.3) is 0 Å². The molecule has 6 nitrogen and oxygen atoms in total. The van der Waals surface area contributed by atoms with E-state index < -0.39 is 11.8 Å². The summed E-state index contributed by atoms with van der Waals surface area (Å²) in [5, 5.41) is 6.01. The number of nitrogens with zero attached hydrogens (tertiary/aromatic N) is 1. The van der Waals surface area contributed by atoms with E-state index in [4.69, 9.17) is 34.8 Å². The average molecular weight is 515 g/mol. The van der Waals surface area contributed by atoms with Gasteiger partial charge in [-0.05, 0) is 73.5 Å². The molecule has 0 saturated carbocycles. The van der Waals surface area contributed by atoms with Crippen LogP contribution in [0.1, 0.15) is 21.5 Å². The number of nitrogens with one attached hydrogen (secondary N) is 2. The zero-order valence-electron chi connectivity index (χ0n) is 18.1. The topological polar surface area (TPSA) is 78.5 Å². The Balaban J connectivity index is 1.50. The molecule has 1 heterocycles. The van der Waals surface area contributed by atoms with Gasteiger partial charge in [0.1, 0.15) is 10.7 Å². The van der Waals surface area contributed by atoms with E-state index in [0.717, 1.165) is 21.7 Å². The van der Waals surface area contributed by atoms with Crippen molar-refractivity contribution in [2.45, 2.75) is 13.8 Å². The molecule has 0 fully saturated rings. The molecule has 172 valence electrons. The predicted octanol–water partition coefficient (Wildman–Crippen LogP) is 6.30. The Labute approximate surface area is 211 Å². The fourth-order valence-electron chi connectivity index (χ4n) is 3.40. The van der Waals surface area contributed by atoms with Crippen LogP contribution in [0.4, 0.5) is 17.1 Å². The maximum absolute atomic E-state index is 12.9. The van der Waals surface area contributed by atoms with Crippen molar-refractivity contribution in [1.29, 1.82) is 0 Å². The smallest absolute Gasteiger partial charge is 0.283 e. The normalized spacial score (nSPS) is 13.5. The highest BCUT2D eigenvalue weighted by Gasteiger charge is 2.39. The molecule has 0 saturated heterocycles. The first-order valence-corrected chi connectivity index (χ1v) is 11.3. The molecular weight excluding hydrogens is 497 g/mol. The van der Waals surface area contributed by atoms with Crippen LogP contribution in [0.2, 0.25) is 10.0 Å². The van der Waals surface area contributed by atoms with Gasteiger partial charge in [-0.1, -0.05) is 46.9 Å². The van der Waals surface area contributed by atoms with Gasteiger partial charge in [0.05, 0.1) is 15.7 Å². The number of halogens is 3. The van der Waals surface area contributed by atoms with Gasteiger partial charge in [0.25, 0.3) is 17.7 Å². The van der Waals surface area contributed by atoms with Crippen molar-refractivity contribution in [2.75, 3.05) is 15.5 Å². The first kappa shape index (κ1) is 23.8. The minimum Gasteiger partial charge on any atom is -0.350 e. The standard InChI is InChI=1S/C25H18Cl3N3O3/c1-13-4-3-5-20(14(13)2)30-23(32)15-6-8-16(9-7-15)29-22-21(28)24(33)31(25(22)34)17-10-11-18(26)19(27)12-17/h3-12,29H,1-2H3,(H,30,32). The Kier molecular flexibility index (Phi) is 6.66. The third kappa shape index (κ3) is 4.53. The van der Waals surface area contributed by atoms with E-state index >= 15 is 0 Å². The van der Waals surface area contributed by atoms with Crippen LogP contribution >= 0.6 is 34.8 Å². The molecular formula is C25H18Cl3N3O3. The molecule has 9 heteroatoms. The number of rotatable bonds is 5. The largest absolute Gasteiger partial charge is 0.350 e. The molecule has 3 aromatic rings. The minimum atomic E-state index is -0.683. The molecule has 0 aromatic heterocycles. The van der Waals surface area contributed by atoms with Gasteiger partial charge in [0, 0.05) is 16.9 Å². The number of hydrogen-bond donors (Lipinski definition) is 2. The number of benzene rings is 3. The van der Waals surface area contributed by atoms with Crippen molar-refractivity contribution >= 4 is 69.6 Å². The van der Waals surface area contributed by atoms with E-state index in [0.29, 0.717) is 16.3 Å². The highest BCUT2D eigenvalue weighted by atomic mass is 35.5. The van der Waals surface area contributed by atoms with Crippen molar-refractivity contribution in [3.63, 3.8) is 0 Å². The number of carbonyl (C=O) groups excluding carboxylic acids is 3. The lowest BCUT2D eigenvalue weighted by Gasteiger charge is -2.16. The zero-order valence-corrected chi connectivity index (χ0v) is 20.3. The number of imide groups is 1. The van der Waals surface area contributed by atoms with E-state index in [1.807, 2.05) is 32.0 Å². The summed E-state index contributed by atoms with van der Waals surface area (Å²) in [5.74, 6) is -1.59. The fraction of sp³-hybridized carbons (Fsp3) is 0.0800. The summed E-state index contributed by atoms with van der Waals surface area (Å²) in [6, 6.07) is 16.5.